The molecule has 1 rings (SSSR count). The van der Waals surface area contributed by atoms with E-state index >= 15 is 0 Å². The second kappa shape index (κ2) is 18.5. The number of hydrogen-bond acceptors (Lipinski definition) is 5. The standard InChI is InChI=1S/C27H44N2O6/c1-2-3-4-5-6-7-8-9-10-11-12-13-14-15-16-17-20-28(29(34)35)24(27(32)33)21-23-18-19-25(30)26(31)22-23/h9-10,18-19,22,24,30-31H,2-8,11-17,20-21H2,1H3,(H,32,33)/b10-9-. The molecule has 1 aromatic rings. The average Bonchev–Trinajstić information content (AvgIpc) is 2.82. The molecule has 0 amide bonds. The van der Waals surface area contributed by atoms with Crippen LogP contribution in [-0.4, -0.2) is 43.9 Å². The van der Waals surface area contributed by atoms with Gasteiger partial charge in [-0.2, -0.15) is 0 Å². The van der Waals surface area contributed by atoms with Crippen molar-refractivity contribution in [1.82, 2.24) is 5.01 Å². The summed E-state index contributed by atoms with van der Waals surface area (Å²) >= 11 is 0. The highest BCUT2D eigenvalue weighted by Crippen LogP contribution is 2.26. The normalized spacial score (nSPS) is 12.1. The zero-order chi connectivity index (χ0) is 25.9. The molecule has 35 heavy (non-hydrogen) atoms. The quantitative estimate of drug-likeness (QED) is 0.0578. The summed E-state index contributed by atoms with van der Waals surface area (Å²) in [6.45, 7) is 2.29. The lowest BCUT2D eigenvalue weighted by Crippen LogP contribution is -2.46. The Morgan fingerprint density at radius 1 is 0.914 bits per heavy atom. The number of nitro groups is 1. The lowest BCUT2D eigenvalue weighted by atomic mass is 10.0. The molecular formula is C27H44N2O6. The monoisotopic (exact) mass is 492 g/mol. The topological polar surface area (TPSA) is 124 Å². The molecular weight excluding hydrogens is 448 g/mol. The van der Waals surface area contributed by atoms with Crippen molar-refractivity contribution in [3.05, 3.63) is 46.0 Å². The lowest BCUT2D eigenvalue weighted by molar-refractivity contribution is -0.661. The summed E-state index contributed by atoms with van der Waals surface area (Å²) in [5.41, 5.74) is 0.403. The number of carboxylic acid groups (broad SMARTS) is 1. The fraction of sp³-hybridized carbons (Fsp3) is 0.667. The van der Waals surface area contributed by atoms with Crippen LogP contribution >= 0.6 is 0 Å². The number of aromatic hydroxyl groups is 2. The zero-order valence-electron chi connectivity index (χ0n) is 21.2. The van der Waals surface area contributed by atoms with Gasteiger partial charge in [0, 0.05) is 6.42 Å². The van der Waals surface area contributed by atoms with Crippen molar-refractivity contribution < 1.29 is 25.1 Å². The molecule has 8 nitrogen and oxygen atoms in total. The van der Waals surface area contributed by atoms with Crippen LogP contribution in [0.5, 0.6) is 11.5 Å². The Kier molecular flexibility index (Phi) is 16.0. The van der Waals surface area contributed by atoms with Gasteiger partial charge in [-0.25, -0.2) is 14.9 Å². The average molecular weight is 493 g/mol. The van der Waals surface area contributed by atoms with E-state index in [0.29, 0.717) is 12.0 Å². The fourth-order valence-electron chi connectivity index (χ4n) is 4.11. The summed E-state index contributed by atoms with van der Waals surface area (Å²) in [5.74, 6) is -2.00. The van der Waals surface area contributed by atoms with Crippen molar-refractivity contribution in [3.63, 3.8) is 0 Å². The number of hydrogen-bond donors (Lipinski definition) is 3. The first-order valence-corrected chi connectivity index (χ1v) is 13.2. The van der Waals surface area contributed by atoms with E-state index in [0.717, 1.165) is 43.5 Å². The minimum Gasteiger partial charge on any atom is -0.504 e. The van der Waals surface area contributed by atoms with Crippen LogP contribution in [0.1, 0.15) is 102 Å². The predicted octanol–water partition coefficient (Wildman–Crippen LogP) is 6.62. The van der Waals surface area contributed by atoms with E-state index in [1.54, 1.807) is 0 Å². The van der Waals surface area contributed by atoms with Crippen molar-refractivity contribution in [2.75, 3.05) is 6.54 Å². The van der Waals surface area contributed by atoms with Crippen LogP contribution in [0.25, 0.3) is 0 Å². The van der Waals surface area contributed by atoms with Gasteiger partial charge in [-0.05, 0) is 49.8 Å². The second-order valence-electron chi connectivity index (χ2n) is 9.22. The SMILES string of the molecule is CCCCCCCC/C=C\CCCCCCCCN(C(Cc1ccc(O)c(O)c1)C(=O)O)[N+](=O)[O-]. The Bertz CT molecular complexity index is 768. The van der Waals surface area contributed by atoms with Gasteiger partial charge >= 0.3 is 5.97 Å². The Balaban J connectivity index is 2.23. The van der Waals surface area contributed by atoms with Crippen molar-refractivity contribution >= 4 is 5.97 Å². The van der Waals surface area contributed by atoms with E-state index in [4.69, 9.17) is 0 Å². The van der Waals surface area contributed by atoms with E-state index in [1.807, 2.05) is 0 Å². The maximum Gasteiger partial charge on any atom is 0.332 e. The molecule has 0 spiro atoms. The van der Waals surface area contributed by atoms with Gasteiger partial charge in [0.05, 0.1) is 6.54 Å². The Hall–Kier alpha value is -2.77. The van der Waals surface area contributed by atoms with E-state index in [9.17, 15) is 30.2 Å². The molecule has 0 fully saturated rings. The molecule has 0 saturated heterocycles. The first-order valence-electron chi connectivity index (χ1n) is 13.2. The van der Waals surface area contributed by atoms with Crippen molar-refractivity contribution in [3.8, 4) is 11.5 Å². The third-order valence-electron chi connectivity index (χ3n) is 6.22. The van der Waals surface area contributed by atoms with Crippen molar-refractivity contribution in [1.29, 1.82) is 0 Å². The van der Waals surface area contributed by atoms with Gasteiger partial charge in [0.25, 0.3) is 0 Å². The maximum atomic E-state index is 11.7. The number of rotatable bonds is 21. The molecule has 0 aliphatic heterocycles. The number of aliphatic carboxylic acids is 1. The van der Waals surface area contributed by atoms with E-state index in [2.05, 4.69) is 19.1 Å². The molecule has 1 atom stereocenters. The van der Waals surface area contributed by atoms with Gasteiger partial charge in [-0.3, -0.25) is 0 Å². The van der Waals surface area contributed by atoms with Crippen LogP contribution in [-0.2, 0) is 11.2 Å². The summed E-state index contributed by atoms with van der Waals surface area (Å²) in [6, 6.07) is 2.57. The van der Waals surface area contributed by atoms with Crippen LogP contribution < -0.4 is 0 Å². The highest BCUT2D eigenvalue weighted by molar-refractivity contribution is 5.73. The van der Waals surface area contributed by atoms with Gasteiger partial charge < -0.3 is 15.3 Å². The Labute approximate surface area is 209 Å². The van der Waals surface area contributed by atoms with Crippen LogP contribution in [0.3, 0.4) is 0 Å². The molecule has 0 heterocycles. The number of benzene rings is 1. The molecule has 1 aromatic carbocycles. The molecule has 0 saturated carbocycles. The van der Waals surface area contributed by atoms with Crippen molar-refractivity contribution in [2.24, 2.45) is 0 Å². The van der Waals surface area contributed by atoms with E-state index in [-0.39, 0.29) is 24.5 Å². The van der Waals surface area contributed by atoms with Crippen LogP contribution in [0.4, 0.5) is 0 Å². The number of unbranched alkanes of at least 4 members (excludes halogenated alkanes) is 12. The smallest absolute Gasteiger partial charge is 0.332 e. The Morgan fingerprint density at radius 2 is 1.46 bits per heavy atom. The Morgan fingerprint density at radius 3 is 1.97 bits per heavy atom. The van der Waals surface area contributed by atoms with E-state index < -0.39 is 17.0 Å². The number of phenolic OH excluding ortho intramolecular Hbond substituents is 2. The summed E-state index contributed by atoms with van der Waals surface area (Å²) < 4.78 is 0. The number of hydrazine groups is 1. The number of allylic oxidation sites excluding steroid dienone is 2. The first-order chi connectivity index (χ1) is 16.9. The predicted molar refractivity (Wildman–Crippen MR) is 138 cm³/mol. The molecule has 0 bridgehead atoms. The highest BCUT2D eigenvalue weighted by atomic mass is 16.7. The largest absolute Gasteiger partial charge is 0.504 e. The van der Waals surface area contributed by atoms with Gasteiger partial charge in [-0.1, -0.05) is 82.9 Å². The molecule has 1 unspecified atom stereocenters. The van der Waals surface area contributed by atoms with Crippen LogP contribution in [0.2, 0.25) is 0 Å². The molecule has 8 heteroatoms. The van der Waals surface area contributed by atoms with Gasteiger partial charge in [0.15, 0.2) is 22.6 Å². The zero-order valence-corrected chi connectivity index (χ0v) is 21.2. The molecule has 0 aromatic heterocycles. The number of carboxylic acids is 1. The summed E-state index contributed by atoms with van der Waals surface area (Å²) in [7, 11) is 0. The third-order valence-corrected chi connectivity index (χ3v) is 6.22. The minimum atomic E-state index is -1.35. The van der Waals surface area contributed by atoms with Crippen LogP contribution in [0, 0.1) is 10.1 Å². The molecule has 0 aliphatic carbocycles. The third kappa shape index (κ3) is 13.6. The fourth-order valence-corrected chi connectivity index (χ4v) is 4.11. The molecule has 3 N–H and O–H groups in total. The summed E-state index contributed by atoms with van der Waals surface area (Å²) in [4.78, 5) is 23.2. The van der Waals surface area contributed by atoms with Gasteiger partial charge in [-0.15, -0.1) is 5.01 Å². The minimum absolute atomic E-state index is 0.0508. The number of phenols is 2. The van der Waals surface area contributed by atoms with E-state index in [1.165, 1.54) is 63.1 Å². The number of carbonyl (C=O) groups is 1. The molecule has 198 valence electrons. The van der Waals surface area contributed by atoms with Crippen molar-refractivity contribution in [2.45, 2.75) is 109 Å². The van der Waals surface area contributed by atoms with Gasteiger partial charge in [0.2, 0.25) is 0 Å². The summed E-state index contributed by atoms with van der Waals surface area (Å²) in [6.07, 6.45) is 20.3. The van der Waals surface area contributed by atoms with Gasteiger partial charge in [0.1, 0.15) is 0 Å². The number of nitrogens with zero attached hydrogens (tertiary/aromatic N) is 2. The lowest BCUT2D eigenvalue weighted by Gasteiger charge is -2.21. The molecule has 0 aliphatic rings. The molecule has 0 radical (unpaired) electrons. The van der Waals surface area contributed by atoms with Crippen LogP contribution in [0.15, 0.2) is 30.4 Å². The maximum absolute atomic E-state index is 11.7. The second-order valence-corrected chi connectivity index (χ2v) is 9.22. The summed E-state index contributed by atoms with van der Waals surface area (Å²) in [5, 5.41) is 40.2. The first kappa shape index (κ1) is 30.3. The highest BCUT2D eigenvalue weighted by Gasteiger charge is 2.33.